The fraction of sp³-hybridized carbons (Fsp3) is 1.00. The van der Waals surface area contributed by atoms with E-state index in [2.05, 4.69) is 0 Å². The van der Waals surface area contributed by atoms with Gasteiger partial charge in [-0.25, -0.2) is 0 Å². The third-order valence-electron chi connectivity index (χ3n) is 2.71. The van der Waals surface area contributed by atoms with Crippen molar-refractivity contribution >= 4 is 0 Å². The molecule has 4 unspecified atom stereocenters. The van der Waals surface area contributed by atoms with Gasteiger partial charge < -0.3 is 24.8 Å². The lowest BCUT2D eigenvalue weighted by Crippen LogP contribution is -2.19. The molecule has 0 aromatic carbocycles. The molecule has 5 heteroatoms. The van der Waals surface area contributed by atoms with Crippen LogP contribution in [-0.2, 0) is 9.47 Å². The Morgan fingerprint density at radius 2 is 1.47 bits per heavy atom. The Balaban J connectivity index is 3.40. The van der Waals surface area contributed by atoms with Crippen LogP contribution in [0.5, 0.6) is 0 Å². The summed E-state index contributed by atoms with van der Waals surface area (Å²) in [6, 6.07) is 0. The number of aliphatic hydroxyl groups excluding tert-OH is 3. The van der Waals surface area contributed by atoms with E-state index < -0.39 is 12.2 Å². The minimum Gasteiger partial charge on any atom is -0.393 e. The van der Waals surface area contributed by atoms with Gasteiger partial charge in [0.1, 0.15) is 0 Å². The third kappa shape index (κ3) is 14.0. The molecule has 0 saturated carbocycles. The lowest BCUT2D eigenvalue weighted by molar-refractivity contribution is -0.00483. The normalized spacial score (nSPS) is 18.0. The average molecular weight is 278 g/mol. The number of ether oxygens (including phenoxy) is 2. The first-order valence-electron chi connectivity index (χ1n) is 7.15. The van der Waals surface area contributed by atoms with E-state index in [9.17, 15) is 5.11 Å². The molecule has 0 saturated heterocycles. The van der Waals surface area contributed by atoms with E-state index in [1.165, 1.54) is 0 Å². The molecule has 0 amide bonds. The van der Waals surface area contributed by atoms with Crippen molar-refractivity contribution < 1.29 is 24.8 Å². The second kappa shape index (κ2) is 11.6. The summed E-state index contributed by atoms with van der Waals surface area (Å²) in [5.74, 6) is 0. The summed E-state index contributed by atoms with van der Waals surface area (Å²) in [7, 11) is 0. The van der Waals surface area contributed by atoms with Crippen LogP contribution < -0.4 is 0 Å². The van der Waals surface area contributed by atoms with Crippen LogP contribution in [0.3, 0.4) is 0 Å². The second-order valence-corrected chi connectivity index (χ2v) is 5.29. The highest BCUT2D eigenvalue weighted by atomic mass is 16.5. The monoisotopic (exact) mass is 278 g/mol. The standard InChI is InChI=1S/C14H30O5/c1-11(15)9-18-8-4-5-14(17)7-6-13(3)19-10-12(2)16/h11-17H,4-10H2,1-3H3. The highest BCUT2D eigenvalue weighted by Gasteiger charge is 2.09. The Hall–Kier alpha value is -0.200. The van der Waals surface area contributed by atoms with Crippen molar-refractivity contribution in [3.05, 3.63) is 0 Å². The van der Waals surface area contributed by atoms with E-state index in [0.717, 1.165) is 12.8 Å². The Kier molecular flexibility index (Phi) is 11.5. The molecule has 0 fully saturated rings. The van der Waals surface area contributed by atoms with Gasteiger partial charge in [0.05, 0.1) is 37.6 Å². The maximum Gasteiger partial charge on any atom is 0.0745 e. The molecule has 116 valence electrons. The quantitative estimate of drug-likeness (QED) is 0.466. The fourth-order valence-electron chi connectivity index (χ4n) is 1.63. The van der Waals surface area contributed by atoms with Crippen LogP contribution in [-0.4, -0.2) is 59.6 Å². The van der Waals surface area contributed by atoms with Crippen molar-refractivity contribution in [2.75, 3.05) is 19.8 Å². The minimum absolute atomic E-state index is 0.0516. The lowest BCUT2D eigenvalue weighted by Gasteiger charge is -2.16. The van der Waals surface area contributed by atoms with Crippen molar-refractivity contribution in [3.63, 3.8) is 0 Å². The molecule has 0 spiro atoms. The first-order chi connectivity index (χ1) is 8.91. The number of hydrogen-bond acceptors (Lipinski definition) is 5. The third-order valence-corrected chi connectivity index (χ3v) is 2.71. The molecule has 19 heavy (non-hydrogen) atoms. The molecule has 5 nitrogen and oxygen atoms in total. The molecule has 0 radical (unpaired) electrons. The molecule has 4 atom stereocenters. The van der Waals surface area contributed by atoms with Gasteiger partial charge in [-0.05, 0) is 46.5 Å². The Labute approximate surface area is 116 Å². The van der Waals surface area contributed by atoms with Crippen molar-refractivity contribution in [2.45, 2.75) is 70.9 Å². The molecule has 0 aliphatic rings. The predicted molar refractivity (Wildman–Crippen MR) is 74.1 cm³/mol. The van der Waals surface area contributed by atoms with Gasteiger partial charge in [-0.2, -0.15) is 0 Å². The molecule has 3 N–H and O–H groups in total. The number of aliphatic hydroxyl groups is 3. The zero-order valence-corrected chi connectivity index (χ0v) is 12.4. The molecule has 0 aromatic rings. The summed E-state index contributed by atoms with van der Waals surface area (Å²) in [6.07, 6.45) is 1.79. The summed E-state index contributed by atoms with van der Waals surface area (Å²) in [4.78, 5) is 0. The van der Waals surface area contributed by atoms with E-state index in [1.54, 1.807) is 13.8 Å². The molecule has 0 aliphatic heterocycles. The van der Waals surface area contributed by atoms with Gasteiger partial charge in [0.2, 0.25) is 0 Å². The Bertz CT molecular complexity index is 196. The van der Waals surface area contributed by atoms with Crippen molar-refractivity contribution in [2.24, 2.45) is 0 Å². The summed E-state index contributed by atoms with van der Waals surface area (Å²) < 4.78 is 10.6. The van der Waals surface area contributed by atoms with Gasteiger partial charge >= 0.3 is 0 Å². The average Bonchev–Trinajstić information content (AvgIpc) is 2.33. The maximum atomic E-state index is 9.77. The fourth-order valence-corrected chi connectivity index (χ4v) is 1.63. The van der Waals surface area contributed by atoms with Crippen LogP contribution in [0.25, 0.3) is 0 Å². The van der Waals surface area contributed by atoms with Gasteiger partial charge in [-0.3, -0.25) is 0 Å². The van der Waals surface area contributed by atoms with Gasteiger partial charge in [-0.1, -0.05) is 0 Å². The van der Waals surface area contributed by atoms with E-state index in [-0.39, 0.29) is 12.2 Å². The van der Waals surface area contributed by atoms with Crippen molar-refractivity contribution in [1.29, 1.82) is 0 Å². The van der Waals surface area contributed by atoms with Gasteiger partial charge in [-0.15, -0.1) is 0 Å². The molecule has 0 aliphatic carbocycles. The van der Waals surface area contributed by atoms with E-state index in [0.29, 0.717) is 32.7 Å². The summed E-state index contributed by atoms with van der Waals surface area (Å²) in [5, 5.41) is 27.8. The first kappa shape index (κ1) is 18.8. The molecule has 0 heterocycles. The SMILES string of the molecule is CC(O)COCCCC(O)CCC(C)OCC(C)O. The first-order valence-corrected chi connectivity index (χ1v) is 7.15. The van der Waals surface area contributed by atoms with Crippen LogP contribution in [0.15, 0.2) is 0 Å². The highest BCUT2D eigenvalue weighted by Crippen LogP contribution is 2.09. The van der Waals surface area contributed by atoms with Gasteiger partial charge in [0.25, 0.3) is 0 Å². The minimum atomic E-state index is -0.446. The van der Waals surface area contributed by atoms with Crippen LogP contribution in [0.1, 0.15) is 46.5 Å². The van der Waals surface area contributed by atoms with Crippen molar-refractivity contribution in [1.82, 2.24) is 0 Å². The maximum absolute atomic E-state index is 9.77. The largest absolute Gasteiger partial charge is 0.393 e. The van der Waals surface area contributed by atoms with Crippen LogP contribution in [0.2, 0.25) is 0 Å². The van der Waals surface area contributed by atoms with E-state index in [1.807, 2.05) is 6.92 Å². The molecular weight excluding hydrogens is 248 g/mol. The molecule has 0 bridgehead atoms. The number of hydrogen-bond donors (Lipinski definition) is 3. The van der Waals surface area contributed by atoms with Crippen LogP contribution in [0.4, 0.5) is 0 Å². The van der Waals surface area contributed by atoms with E-state index in [4.69, 9.17) is 19.7 Å². The topological polar surface area (TPSA) is 79.2 Å². The van der Waals surface area contributed by atoms with Gasteiger partial charge in [0, 0.05) is 6.61 Å². The molecule has 0 rings (SSSR count). The Morgan fingerprint density at radius 3 is 2.05 bits per heavy atom. The summed E-state index contributed by atoms with van der Waals surface area (Å²) >= 11 is 0. The predicted octanol–water partition coefficient (Wildman–Crippen LogP) is 1.09. The van der Waals surface area contributed by atoms with Crippen LogP contribution in [0, 0.1) is 0 Å². The van der Waals surface area contributed by atoms with Gasteiger partial charge in [0.15, 0.2) is 0 Å². The highest BCUT2D eigenvalue weighted by molar-refractivity contribution is 4.60. The Morgan fingerprint density at radius 1 is 0.842 bits per heavy atom. The van der Waals surface area contributed by atoms with E-state index >= 15 is 0 Å². The smallest absolute Gasteiger partial charge is 0.0745 e. The zero-order chi connectivity index (χ0) is 14.7. The molecular formula is C14H30O5. The summed E-state index contributed by atoms with van der Waals surface area (Å²) in [6.45, 7) is 6.57. The number of rotatable bonds is 12. The molecule has 0 aromatic heterocycles. The van der Waals surface area contributed by atoms with Crippen LogP contribution >= 0.6 is 0 Å². The lowest BCUT2D eigenvalue weighted by atomic mass is 10.1. The summed E-state index contributed by atoms with van der Waals surface area (Å²) in [5.41, 5.74) is 0. The second-order valence-electron chi connectivity index (χ2n) is 5.29. The zero-order valence-electron chi connectivity index (χ0n) is 12.4. The van der Waals surface area contributed by atoms with Crippen molar-refractivity contribution in [3.8, 4) is 0 Å².